The average Bonchev–Trinajstić information content (AvgIpc) is 2.17. The fourth-order valence-corrected chi connectivity index (χ4v) is 1.72. The van der Waals surface area contributed by atoms with Gasteiger partial charge in [-0.05, 0) is 37.1 Å². The number of methoxy groups -OCH3 is 1. The van der Waals surface area contributed by atoms with E-state index in [0.29, 0.717) is 10.8 Å². The summed E-state index contributed by atoms with van der Waals surface area (Å²) in [4.78, 5) is 10.9. The molecule has 0 radical (unpaired) electrons. The van der Waals surface area contributed by atoms with Crippen LogP contribution >= 0.6 is 11.6 Å². The summed E-state index contributed by atoms with van der Waals surface area (Å²) in [5, 5.41) is 9.42. The van der Waals surface area contributed by atoms with Gasteiger partial charge in [0.25, 0.3) is 0 Å². The highest BCUT2D eigenvalue weighted by atomic mass is 35.5. The Labute approximate surface area is 93.6 Å². The van der Waals surface area contributed by atoms with Gasteiger partial charge in [0.05, 0.1) is 18.1 Å². The maximum Gasteiger partial charge on any atom is 0.310 e. The normalized spacial score (nSPS) is 12.3. The van der Waals surface area contributed by atoms with Gasteiger partial charge in [-0.15, -0.1) is 0 Å². The fourth-order valence-electron chi connectivity index (χ4n) is 1.42. The molecule has 1 N–H and O–H groups in total. The van der Waals surface area contributed by atoms with Crippen LogP contribution in [0.3, 0.4) is 0 Å². The zero-order chi connectivity index (χ0) is 11.6. The van der Waals surface area contributed by atoms with Crippen LogP contribution in [-0.4, -0.2) is 18.2 Å². The van der Waals surface area contributed by atoms with Crippen molar-refractivity contribution in [1.82, 2.24) is 0 Å². The molecular formula is C11H13ClO3. The number of carbonyl (C=O) groups is 1. The van der Waals surface area contributed by atoms with E-state index in [0.717, 1.165) is 11.1 Å². The predicted molar refractivity (Wildman–Crippen MR) is 58.8 cm³/mol. The smallest absolute Gasteiger partial charge is 0.310 e. The van der Waals surface area contributed by atoms with E-state index >= 15 is 0 Å². The van der Waals surface area contributed by atoms with Crippen molar-refractivity contribution in [3.05, 3.63) is 28.3 Å². The zero-order valence-corrected chi connectivity index (χ0v) is 9.63. The third-order valence-corrected chi connectivity index (χ3v) is 2.67. The van der Waals surface area contributed by atoms with Gasteiger partial charge < -0.3 is 9.84 Å². The predicted octanol–water partition coefficient (Wildman–Crippen LogP) is 2.85. The molecule has 1 rings (SSSR count). The minimum atomic E-state index is -0.859. The lowest BCUT2D eigenvalue weighted by Crippen LogP contribution is -2.09. The summed E-state index contributed by atoms with van der Waals surface area (Å²) in [6.45, 7) is 3.47. The number of benzene rings is 1. The van der Waals surface area contributed by atoms with Crippen molar-refractivity contribution in [2.45, 2.75) is 19.8 Å². The van der Waals surface area contributed by atoms with E-state index in [1.165, 1.54) is 7.11 Å². The number of halogens is 1. The SMILES string of the molecule is COc1cc(C(C)C(=O)O)c(C)cc1Cl. The highest BCUT2D eigenvalue weighted by Crippen LogP contribution is 2.31. The molecule has 82 valence electrons. The minimum Gasteiger partial charge on any atom is -0.495 e. The molecule has 0 aliphatic carbocycles. The van der Waals surface area contributed by atoms with Crippen molar-refractivity contribution >= 4 is 17.6 Å². The summed E-state index contributed by atoms with van der Waals surface area (Å²) in [6, 6.07) is 3.39. The van der Waals surface area contributed by atoms with Gasteiger partial charge in [0.2, 0.25) is 0 Å². The average molecular weight is 229 g/mol. The molecule has 0 saturated carbocycles. The van der Waals surface area contributed by atoms with Crippen molar-refractivity contribution in [2.75, 3.05) is 7.11 Å². The van der Waals surface area contributed by atoms with E-state index < -0.39 is 11.9 Å². The first-order valence-corrected chi connectivity index (χ1v) is 4.92. The van der Waals surface area contributed by atoms with E-state index in [2.05, 4.69) is 0 Å². The summed E-state index contributed by atoms with van der Waals surface area (Å²) >= 11 is 5.91. The van der Waals surface area contributed by atoms with Crippen LogP contribution in [0.15, 0.2) is 12.1 Å². The number of aliphatic carboxylic acids is 1. The molecule has 15 heavy (non-hydrogen) atoms. The molecule has 1 unspecified atom stereocenters. The molecule has 1 atom stereocenters. The molecule has 0 fully saturated rings. The van der Waals surface area contributed by atoms with E-state index in [9.17, 15) is 4.79 Å². The van der Waals surface area contributed by atoms with Crippen molar-refractivity contribution < 1.29 is 14.6 Å². The van der Waals surface area contributed by atoms with Crippen LogP contribution in [-0.2, 0) is 4.79 Å². The van der Waals surface area contributed by atoms with Crippen molar-refractivity contribution in [1.29, 1.82) is 0 Å². The second-order valence-electron chi connectivity index (χ2n) is 3.40. The van der Waals surface area contributed by atoms with Crippen LogP contribution < -0.4 is 4.74 Å². The third-order valence-electron chi connectivity index (χ3n) is 2.38. The van der Waals surface area contributed by atoms with Gasteiger partial charge in [-0.2, -0.15) is 0 Å². The number of rotatable bonds is 3. The van der Waals surface area contributed by atoms with Crippen LogP contribution in [0.25, 0.3) is 0 Å². The minimum absolute atomic E-state index is 0.497. The van der Waals surface area contributed by atoms with Crippen molar-refractivity contribution in [3.8, 4) is 5.75 Å². The highest BCUT2D eigenvalue weighted by Gasteiger charge is 2.17. The summed E-state index contributed by atoms with van der Waals surface area (Å²) < 4.78 is 5.05. The summed E-state index contributed by atoms with van der Waals surface area (Å²) in [5.74, 6) is -0.913. The lowest BCUT2D eigenvalue weighted by atomic mass is 9.96. The molecule has 4 heteroatoms. The van der Waals surface area contributed by atoms with Gasteiger partial charge in [-0.3, -0.25) is 4.79 Å². The number of ether oxygens (including phenoxy) is 1. The highest BCUT2D eigenvalue weighted by molar-refractivity contribution is 6.32. The van der Waals surface area contributed by atoms with Crippen LogP contribution in [0.4, 0.5) is 0 Å². The number of aryl methyl sites for hydroxylation is 1. The van der Waals surface area contributed by atoms with Crippen LogP contribution in [0.1, 0.15) is 24.0 Å². The van der Waals surface area contributed by atoms with E-state index in [1.54, 1.807) is 19.1 Å². The summed E-state index contributed by atoms with van der Waals surface area (Å²) in [6.07, 6.45) is 0. The summed E-state index contributed by atoms with van der Waals surface area (Å²) in [7, 11) is 1.51. The maximum absolute atomic E-state index is 10.9. The van der Waals surface area contributed by atoms with E-state index in [4.69, 9.17) is 21.4 Å². The first-order valence-electron chi connectivity index (χ1n) is 4.54. The lowest BCUT2D eigenvalue weighted by Gasteiger charge is -2.13. The van der Waals surface area contributed by atoms with Gasteiger partial charge in [0, 0.05) is 0 Å². The van der Waals surface area contributed by atoms with Gasteiger partial charge in [0.15, 0.2) is 0 Å². The Morgan fingerprint density at radius 1 is 1.53 bits per heavy atom. The Balaban J connectivity index is 3.24. The topological polar surface area (TPSA) is 46.5 Å². The lowest BCUT2D eigenvalue weighted by molar-refractivity contribution is -0.138. The molecule has 0 amide bonds. The Hall–Kier alpha value is -1.22. The Morgan fingerprint density at radius 3 is 2.60 bits per heavy atom. The molecule has 0 aromatic heterocycles. The van der Waals surface area contributed by atoms with Crippen LogP contribution in [0.5, 0.6) is 5.75 Å². The molecule has 0 spiro atoms. The molecule has 3 nitrogen and oxygen atoms in total. The molecular weight excluding hydrogens is 216 g/mol. The molecule has 1 aromatic rings. The molecule has 0 heterocycles. The Morgan fingerprint density at radius 2 is 2.13 bits per heavy atom. The van der Waals surface area contributed by atoms with E-state index in [-0.39, 0.29) is 0 Å². The zero-order valence-electron chi connectivity index (χ0n) is 8.87. The maximum atomic E-state index is 10.9. The van der Waals surface area contributed by atoms with Crippen LogP contribution in [0.2, 0.25) is 5.02 Å². The number of hydrogen-bond donors (Lipinski definition) is 1. The van der Waals surface area contributed by atoms with Gasteiger partial charge in [-0.1, -0.05) is 11.6 Å². The largest absolute Gasteiger partial charge is 0.495 e. The fraction of sp³-hybridized carbons (Fsp3) is 0.364. The first kappa shape index (κ1) is 11.9. The first-order chi connectivity index (χ1) is 6.97. The Kier molecular flexibility index (Phi) is 3.58. The van der Waals surface area contributed by atoms with Gasteiger partial charge in [-0.25, -0.2) is 0 Å². The van der Waals surface area contributed by atoms with Crippen molar-refractivity contribution in [3.63, 3.8) is 0 Å². The molecule has 0 saturated heterocycles. The van der Waals surface area contributed by atoms with Crippen molar-refractivity contribution in [2.24, 2.45) is 0 Å². The molecule has 1 aromatic carbocycles. The second kappa shape index (κ2) is 4.53. The van der Waals surface area contributed by atoms with E-state index in [1.807, 2.05) is 6.92 Å². The molecule has 0 bridgehead atoms. The quantitative estimate of drug-likeness (QED) is 0.865. The third kappa shape index (κ3) is 2.42. The molecule has 0 aliphatic heterocycles. The number of hydrogen-bond acceptors (Lipinski definition) is 2. The second-order valence-corrected chi connectivity index (χ2v) is 3.81. The van der Waals surface area contributed by atoms with Gasteiger partial charge >= 0.3 is 5.97 Å². The molecule has 0 aliphatic rings. The summed E-state index contributed by atoms with van der Waals surface area (Å²) in [5.41, 5.74) is 1.58. The number of carboxylic acid groups (broad SMARTS) is 1. The Bertz CT molecular complexity index is 388. The van der Waals surface area contributed by atoms with Gasteiger partial charge in [0.1, 0.15) is 5.75 Å². The number of carboxylic acids is 1. The van der Waals surface area contributed by atoms with Crippen LogP contribution in [0, 0.1) is 6.92 Å². The monoisotopic (exact) mass is 228 g/mol. The standard InChI is InChI=1S/C11H13ClO3/c1-6-4-9(12)10(15-3)5-8(6)7(2)11(13)14/h4-5,7H,1-3H3,(H,13,14).